The fourth-order valence-electron chi connectivity index (χ4n) is 3.83. The number of aryl methyl sites for hydroxylation is 1. The van der Waals surface area contributed by atoms with Crippen molar-refractivity contribution >= 4 is 11.9 Å². The zero-order chi connectivity index (χ0) is 25.3. The minimum absolute atomic E-state index is 0.0190. The van der Waals surface area contributed by atoms with E-state index in [1.807, 2.05) is 6.92 Å². The van der Waals surface area contributed by atoms with Gasteiger partial charge in [0.05, 0.1) is 41.8 Å². The second-order valence-electron chi connectivity index (χ2n) is 8.14. The number of carbonyl (C=O) groups is 1. The fourth-order valence-corrected chi connectivity index (χ4v) is 3.83. The van der Waals surface area contributed by atoms with Crippen LogP contribution in [0, 0.1) is 5.82 Å². The van der Waals surface area contributed by atoms with E-state index in [2.05, 4.69) is 30.4 Å². The third-order valence-corrected chi connectivity index (χ3v) is 5.44. The van der Waals surface area contributed by atoms with Crippen molar-refractivity contribution in [3.05, 3.63) is 48.1 Å². The third-order valence-electron chi connectivity index (χ3n) is 5.44. The maximum atomic E-state index is 13.6. The van der Waals surface area contributed by atoms with Crippen LogP contribution in [0.1, 0.15) is 29.9 Å². The van der Waals surface area contributed by atoms with Gasteiger partial charge in [-0.15, -0.1) is 0 Å². The molecule has 1 amide bonds. The van der Waals surface area contributed by atoms with Crippen LogP contribution < -0.4 is 5.32 Å². The predicted octanol–water partition coefficient (Wildman–Crippen LogP) is 2.56. The number of anilines is 1. The first-order valence-electron chi connectivity index (χ1n) is 10.6. The largest absolute Gasteiger partial charge is 0.419 e. The van der Waals surface area contributed by atoms with Crippen LogP contribution in [-0.2, 0) is 18.0 Å². The van der Waals surface area contributed by atoms with Crippen molar-refractivity contribution in [3.8, 4) is 11.4 Å². The topological polar surface area (TPSA) is 111 Å². The molecule has 14 heteroatoms. The van der Waals surface area contributed by atoms with E-state index in [9.17, 15) is 22.4 Å². The molecule has 1 N–H and O–H groups in total. The lowest BCUT2D eigenvalue weighted by atomic mass is 10.0. The van der Waals surface area contributed by atoms with Gasteiger partial charge < -0.3 is 15.0 Å². The van der Waals surface area contributed by atoms with Gasteiger partial charge in [0.2, 0.25) is 5.95 Å². The first-order chi connectivity index (χ1) is 16.5. The molecule has 1 aliphatic rings. The van der Waals surface area contributed by atoms with Gasteiger partial charge in [0, 0.05) is 38.7 Å². The van der Waals surface area contributed by atoms with Gasteiger partial charge in [-0.25, -0.2) is 24.3 Å². The van der Waals surface area contributed by atoms with Gasteiger partial charge in [-0.05, 0) is 13.8 Å². The van der Waals surface area contributed by atoms with E-state index in [0.717, 1.165) is 12.4 Å². The number of aromatic nitrogens is 6. The Hall–Kier alpha value is -3.68. The molecule has 0 unspecified atom stereocenters. The van der Waals surface area contributed by atoms with Gasteiger partial charge in [-0.3, -0.25) is 9.48 Å². The summed E-state index contributed by atoms with van der Waals surface area (Å²) in [7, 11) is 1.63. The number of nitrogens with zero attached hydrogens (tertiary/aromatic N) is 7. The van der Waals surface area contributed by atoms with Gasteiger partial charge in [0.15, 0.2) is 17.3 Å². The number of nitrogens with one attached hydrogen (secondary N) is 1. The highest BCUT2D eigenvalue weighted by Gasteiger charge is 2.38. The van der Waals surface area contributed by atoms with Crippen molar-refractivity contribution in [1.82, 2.24) is 34.6 Å². The molecule has 1 aliphatic heterocycles. The average molecular weight is 494 g/mol. The van der Waals surface area contributed by atoms with E-state index in [4.69, 9.17) is 4.74 Å². The van der Waals surface area contributed by atoms with Crippen LogP contribution in [0.3, 0.4) is 0 Å². The highest BCUT2D eigenvalue weighted by atomic mass is 19.4. The maximum absolute atomic E-state index is 13.6. The zero-order valence-corrected chi connectivity index (χ0v) is 19.0. The second kappa shape index (κ2) is 9.52. The number of hydrogen-bond donors (Lipinski definition) is 1. The molecule has 0 bridgehead atoms. The Kier molecular flexibility index (Phi) is 6.65. The summed E-state index contributed by atoms with van der Waals surface area (Å²) in [4.78, 5) is 30.5. The van der Waals surface area contributed by atoms with Crippen LogP contribution in [0.15, 0.2) is 31.0 Å². The molecule has 4 rings (SSSR count). The van der Waals surface area contributed by atoms with Gasteiger partial charge in [-0.1, -0.05) is 0 Å². The molecule has 10 nitrogen and oxygen atoms in total. The lowest BCUT2D eigenvalue weighted by Gasteiger charge is -2.42. The lowest BCUT2D eigenvalue weighted by Crippen LogP contribution is -2.58. The number of alkyl halides is 3. The van der Waals surface area contributed by atoms with Crippen LogP contribution in [0.25, 0.3) is 11.4 Å². The quantitative estimate of drug-likeness (QED) is 0.539. The molecule has 186 valence electrons. The van der Waals surface area contributed by atoms with E-state index in [1.165, 1.54) is 4.68 Å². The van der Waals surface area contributed by atoms with Crippen LogP contribution >= 0.6 is 0 Å². The minimum atomic E-state index is -4.54. The van der Waals surface area contributed by atoms with Gasteiger partial charge in [0.1, 0.15) is 0 Å². The lowest BCUT2D eigenvalue weighted by molar-refractivity contribution is -0.138. The number of rotatable bonds is 5. The van der Waals surface area contributed by atoms with Crippen molar-refractivity contribution in [3.63, 3.8) is 0 Å². The molecule has 0 aromatic carbocycles. The van der Waals surface area contributed by atoms with Gasteiger partial charge in [-0.2, -0.15) is 18.3 Å². The number of halogens is 4. The number of amides is 1. The summed E-state index contributed by atoms with van der Waals surface area (Å²) < 4.78 is 58.9. The Morgan fingerprint density at radius 1 is 1.14 bits per heavy atom. The highest BCUT2D eigenvalue weighted by Crippen LogP contribution is 2.28. The summed E-state index contributed by atoms with van der Waals surface area (Å²) in [6.45, 7) is 3.96. The van der Waals surface area contributed by atoms with Crippen LogP contribution in [0.4, 0.5) is 23.5 Å². The van der Waals surface area contributed by atoms with E-state index in [1.54, 1.807) is 25.1 Å². The summed E-state index contributed by atoms with van der Waals surface area (Å²) >= 11 is 0. The van der Waals surface area contributed by atoms with E-state index < -0.39 is 35.6 Å². The van der Waals surface area contributed by atoms with Crippen molar-refractivity contribution in [2.45, 2.75) is 38.3 Å². The van der Waals surface area contributed by atoms with Crippen LogP contribution in [-0.4, -0.2) is 71.9 Å². The number of ether oxygens (including phenoxy) is 1. The molecule has 1 fully saturated rings. The highest BCUT2D eigenvalue weighted by molar-refractivity contribution is 5.98. The Balaban J connectivity index is 1.57. The predicted molar refractivity (Wildman–Crippen MR) is 115 cm³/mol. The summed E-state index contributed by atoms with van der Waals surface area (Å²) in [5.74, 6) is -0.909. The van der Waals surface area contributed by atoms with Crippen molar-refractivity contribution < 1.29 is 27.1 Å². The molecule has 0 spiro atoms. The first kappa shape index (κ1) is 24.4. The number of hydrogen-bond acceptors (Lipinski definition) is 8. The third kappa shape index (κ3) is 5.37. The Morgan fingerprint density at radius 3 is 2.43 bits per heavy atom. The van der Waals surface area contributed by atoms with Crippen molar-refractivity contribution in [2.24, 2.45) is 7.05 Å². The Morgan fingerprint density at radius 2 is 1.80 bits per heavy atom. The molecule has 35 heavy (non-hydrogen) atoms. The monoisotopic (exact) mass is 494 g/mol. The standard InChI is InChI=1S/C21H22F4N8O2/c1-11-9-33(19(34)17-15(10-32(3)31-17)18-26-6-14(22)7-27-18)16(12(2)35-11)8-30-20-28-4-13(5-29-20)21(23,24)25/h4-7,10-12,16H,8-9H2,1-3H3,(H,28,29,30)/t11-,12+,16-/m1/s1. The van der Waals surface area contributed by atoms with Gasteiger partial charge >= 0.3 is 6.18 Å². The zero-order valence-electron chi connectivity index (χ0n) is 19.0. The SMILES string of the molecule is C[C@@H]1CN(C(=O)c2nn(C)cc2-c2ncc(F)cn2)[C@H](CNc2ncc(C(F)(F)F)cn2)[C@H](C)O1. The number of carbonyl (C=O) groups excluding carboxylic acids is 1. The molecule has 4 heterocycles. The molecule has 1 saturated heterocycles. The molecule has 0 saturated carbocycles. The molecule has 3 aromatic rings. The molecule has 3 atom stereocenters. The second-order valence-corrected chi connectivity index (χ2v) is 8.14. The summed E-state index contributed by atoms with van der Waals surface area (Å²) in [6, 6.07) is -0.520. The minimum Gasteiger partial charge on any atom is -0.372 e. The summed E-state index contributed by atoms with van der Waals surface area (Å²) in [6.07, 6.45) is -0.303. The summed E-state index contributed by atoms with van der Waals surface area (Å²) in [5.41, 5.74) is -0.549. The van der Waals surface area contributed by atoms with Crippen molar-refractivity contribution in [1.29, 1.82) is 0 Å². The van der Waals surface area contributed by atoms with E-state index >= 15 is 0 Å². The average Bonchev–Trinajstić information content (AvgIpc) is 3.19. The van der Waals surface area contributed by atoms with E-state index in [-0.39, 0.29) is 36.7 Å². The van der Waals surface area contributed by atoms with Gasteiger partial charge in [0.25, 0.3) is 5.91 Å². The molecular weight excluding hydrogens is 472 g/mol. The molecular formula is C21H22F4N8O2. The van der Waals surface area contributed by atoms with Crippen LogP contribution in [0.5, 0.6) is 0 Å². The Labute approximate surface area is 197 Å². The fraction of sp³-hybridized carbons (Fsp3) is 0.429. The number of morpholine rings is 1. The normalized spacial score (nSPS) is 20.7. The van der Waals surface area contributed by atoms with E-state index in [0.29, 0.717) is 18.0 Å². The first-order valence-corrected chi connectivity index (χ1v) is 10.6. The molecule has 3 aromatic heterocycles. The molecule has 0 radical (unpaired) electrons. The smallest absolute Gasteiger partial charge is 0.372 e. The summed E-state index contributed by atoms with van der Waals surface area (Å²) in [5, 5.41) is 7.16. The molecule has 0 aliphatic carbocycles. The van der Waals surface area contributed by atoms with Crippen molar-refractivity contribution in [2.75, 3.05) is 18.4 Å². The van der Waals surface area contributed by atoms with Crippen LogP contribution in [0.2, 0.25) is 0 Å². The maximum Gasteiger partial charge on any atom is 0.419 e. The Bertz CT molecular complexity index is 1180.